The second-order valence-electron chi connectivity index (χ2n) is 10.9. The molecule has 1 N–H and O–H groups in total. The standard InChI is InChI=1S/C32H37ClN4O7S/c1-4-29(32(39)34-24-10-6-7-11-24)35(20-23-9-5-8-12-28(23)33)31(38)21-36(25-14-16-26(44-3)17-15-25)45(42,43)27-18-13-22(2)30(19-27)37(40)41/h5,8-9,12-19,24,29H,4,6-7,10-11,20-21H2,1-3H3,(H,34,39)/t29-/m1/s1. The number of nitrogens with one attached hydrogen (secondary N) is 1. The van der Waals surface area contributed by atoms with Crippen molar-refractivity contribution in [3.8, 4) is 5.75 Å². The normalized spacial score (nSPS) is 14.0. The van der Waals surface area contributed by atoms with Crippen LogP contribution in [0.15, 0.2) is 71.6 Å². The summed E-state index contributed by atoms with van der Waals surface area (Å²) in [4.78, 5) is 39.9. The first-order valence-electron chi connectivity index (χ1n) is 14.7. The lowest BCUT2D eigenvalue weighted by atomic mass is 10.1. The number of carbonyl (C=O) groups excluding carboxylic acids is 2. The van der Waals surface area contributed by atoms with Crippen LogP contribution in [0.3, 0.4) is 0 Å². The third-order valence-electron chi connectivity index (χ3n) is 7.99. The van der Waals surface area contributed by atoms with Crippen LogP contribution in [0.1, 0.15) is 50.2 Å². The lowest BCUT2D eigenvalue weighted by Gasteiger charge is -2.34. The van der Waals surface area contributed by atoms with Gasteiger partial charge in [-0.25, -0.2) is 8.42 Å². The van der Waals surface area contributed by atoms with Crippen molar-refractivity contribution < 1.29 is 27.7 Å². The minimum atomic E-state index is -4.51. The van der Waals surface area contributed by atoms with E-state index in [0.29, 0.717) is 16.3 Å². The van der Waals surface area contributed by atoms with Crippen LogP contribution in [0.25, 0.3) is 0 Å². The van der Waals surface area contributed by atoms with Crippen LogP contribution in [-0.4, -0.2) is 55.8 Å². The molecule has 0 heterocycles. The van der Waals surface area contributed by atoms with E-state index >= 15 is 0 Å². The molecule has 1 aliphatic rings. The van der Waals surface area contributed by atoms with E-state index in [2.05, 4.69) is 5.32 Å². The molecule has 1 fully saturated rings. The molecule has 4 rings (SSSR count). The number of ether oxygens (including phenoxy) is 1. The molecule has 2 amide bonds. The first-order chi connectivity index (χ1) is 21.5. The van der Waals surface area contributed by atoms with Gasteiger partial charge in [0.1, 0.15) is 18.3 Å². The van der Waals surface area contributed by atoms with Gasteiger partial charge in [-0.1, -0.05) is 55.6 Å². The van der Waals surface area contributed by atoms with Crippen molar-refractivity contribution in [3.63, 3.8) is 0 Å². The van der Waals surface area contributed by atoms with Crippen molar-refractivity contribution in [1.29, 1.82) is 0 Å². The van der Waals surface area contributed by atoms with Gasteiger partial charge >= 0.3 is 0 Å². The van der Waals surface area contributed by atoms with Crippen LogP contribution in [0, 0.1) is 17.0 Å². The van der Waals surface area contributed by atoms with E-state index < -0.39 is 33.4 Å². The zero-order valence-corrected chi connectivity index (χ0v) is 27.0. The zero-order chi connectivity index (χ0) is 32.7. The van der Waals surface area contributed by atoms with Gasteiger partial charge in [0.25, 0.3) is 15.7 Å². The van der Waals surface area contributed by atoms with E-state index in [1.54, 1.807) is 43.3 Å². The lowest BCUT2D eigenvalue weighted by molar-refractivity contribution is -0.385. The van der Waals surface area contributed by atoms with Crippen molar-refractivity contribution in [3.05, 3.63) is 93.0 Å². The summed E-state index contributed by atoms with van der Waals surface area (Å²) in [5, 5.41) is 15.1. The van der Waals surface area contributed by atoms with E-state index in [9.17, 15) is 28.1 Å². The predicted octanol–water partition coefficient (Wildman–Crippen LogP) is 5.63. The molecule has 240 valence electrons. The number of carbonyl (C=O) groups is 2. The van der Waals surface area contributed by atoms with E-state index in [-0.39, 0.29) is 46.7 Å². The first-order valence-corrected chi connectivity index (χ1v) is 16.5. The average Bonchev–Trinajstić information content (AvgIpc) is 3.53. The number of nitro benzene ring substituents is 1. The Morgan fingerprint density at radius 3 is 2.36 bits per heavy atom. The van der Waals surface area contributed by atoms with Crippen LogP contribution in [0.4, 0.5) is 11.4 Å². The van der Waals surface area contributed by atoms with Gasteiger partial charge in [0.2, 0.25) is 11.8 Å². The molecule has 3 aromatic rings. The second kappa shape index (κ2) is 14.7. The van der Waals surface area contributed by atoms with Crippen LogP contribution < -0.4 is 14.4 Å². The number of hydrogen-bond acceptors (Lipinski definition) is 7. The van der Waals surface area contributed by atoms with E-state index in [1.807, 2.05) is 0 Å². The molecule has 0 saturated heterocycles. The molecule has 45 heavy (non-hydrogen) atoms. The number of halogens is 1. The maximum absolute atomic E-state index is 14.3. The highest BCUT2D eigenvalue weighted by molar-refractivity contribution is 7.92. The molecule has 11 nitrogen and oxygen atoms in total. The Morgan fingerprint density at radius 2 is 1.76 bits per heavy atom. The molecule has 1 aliphatic carbocycles. The Hall–Kier alpha value is -4.16. The molecular weight excluding hydrogens is 620 g/mol. The zero-order valence-electron chi connectivity index (χ0n) is 25.4. The summed E-state index contributed by atoms with van der Waals surface area (Å²) in [6.07, 6.45) is 4.00. The van der Waals surface area contributed by atoms with Gasteiger partial charge < -0.3 is 15.0 Å². The molecule has 0 spiro atoms. The number of amides is 2. The molecule has 0 radical (unpaired) electrons. The number of nitrogens with zero attached hydrogens (tertiary/aromatic N) is 3. The Balaban J connectivity index is 1.77. The number of anilines is 1. The van der Waals surface area contributed by atoms with Crippen LogP contribution >= 0.6 is 11.6 Å². The van der Waals surface area contributed by atoms with Gasteiger partial charge in [0.05, 0.1) is 22.6 Å². The third kappa shape index (κ3) is 7.93. The maximum atomic E-state index is 14.3. The van der Waals surface area contributed by atoms with Crippen LogP contribution in [0.5, 0.6) is 5.75 Å². The highest BCUT2D eigenvalue weighted by Gasteiger charge is 2.35. The van der Waals surface area contributed by atoms with Crippen LogP contribution in [0.2, 0.25) is 5.02 Å². The Labute approximate surface area is 268 Å². The van der Waals surface area contributed by atoms with Gasteiger partial charge in [-0.15, -0.1) is 0 Å². The van der Waals surface area contributed by atoms with Crippen molar-refractivity contribution in [1.82, 2.24) is 10.2 Å². The van der Waals surface area contributed by atoms with Crippen LogP contribution in [-0.2, 0) is 26.2 Å². The average molecular weight is 657 g/mol. The summed E-state index contributed by atoms with van der Waals surface area (Å²) in [6, 6.07) is 15.7. The van der Waals surface area contributed by atoms with E-state index in [1.165, 1.54) is 43.2 Å². The summed E-state index contributed by atoms with van der Waals surface area (Å²) < 4.78 is 34.4. The van der Waals surface area contributed by atoms with Crippen molar-refractivity contribution >= 4 is 44.8 Å². The van der Waals surface area contributed by atoms with Gasteiger partial charge in [0.15, 0.2) is 0 Å². The molecule has 0 aromatic heterocycles. The molecule has 1 atom stereocenters. The number of sulfonamides is 1. The molecule has 0 aliphatic heterocycles. The fourth-order valence-electron chi connectivity index (χ4n) is 5.45. The minimum Gasteiger partial charge on any atom is -0.497 e. The maximum Gasteiger partial charge on any atom is 0.273 e. The fourth-order valence-corrected chi connectivity index (χ4v) is 7.08. The molecular formula is C32H37ClN4O7S. The first kappa shape index (κ1) is 33.7. The second-order valence-corrected chi connectivity index (χ2v) is 13.2. The number of hydrogen-bond donors (Lipinski definition) is 1. The van der Waals surface area contributed by atoms with Gasteiger partial charge in [-0.3, -0.25) is 24.0 Å². The Kier molecular flexibility index (Phi) is 11.1. The minimum absolute atomic E-state index is 0.0114. The molecule has 0 unspecified atom stereocenters. The number of rotatable bonds is 13. The number of nitro groups is 1. The number of aryl methyl sites for hydroxylation is 1. The van der Waals surface area contributed by atoms with Crippen molar-refractivity contribution in [2.75, 3.05) is 18.0 Å². The number of benzene rings is 3. The fraction of sp³-hybridized carbons (Fsp3) is 0.375. The highest BCUT2D eigenvalue weighted by Crippen LogP contribution is 2.30. The molecule has 0 bridgehead atoms. The van der Waals surface area contributed by atoms with Crippen molar-refractivity contribution in [2.24, 2.45) is 0 Å². The van der Waals surface area contributed by atoms with Gasteiger partial charge in [-0.2, -0.15) is 0 Å². The van der Waals surface area contributed by atoms with E-state index in [4.69, 9.17) is 16.3 Å². The largest absolute Gasteiger partial charge is 0.497 e. The molecule has 13 heteroatoms. The van der Waals surface area contributed by atoms with Crippen molar-refractivity contribution in [2.45, 2.75) is 69.5 Å². The highest BCUT2D eigenvalue weighted by atomic mass is 35.5. The summed E-state index contributed by atoms with van der Waals surface area (Å²) in [5.41, 5.74) is 0.643. The Morgan fingerprint density at radius 1 is 1.09 bits per heavy atom. The Bertz CT molecular complexity index is 1640. The molecule has 1 saturated carbocycles. The number of methoxy groups -OCH3 is 1. The summed E-state index contributed by atoms with van der Waals surface area (Å²) in [5.74, 6) is -0.509. The topological polar surface area (TPSA) is 139 Å². The SMILES string of the molecule is CC[C@H](C(=O)NC1CCCC1)N(Cc1ccccc1Cl)C(=O)CN(c1ccc(OC)cc1)S(=O)(=O)c1ccc(C)c([N+](=O)[O-])c1. The molecule has 3 aromatic carbocycles. The van der Waals surface area contributed by atoms with Gasteiger partial charge in [0, 0.05) is 29.2 Å². The lowest BCUT2D eigenvalue weighted by Crippen LogP contribution is -2.53. The monoisotopic (exact) mass is 656 g/mol. The van der Waals surface area contributed by atoms with Gasteiger partial charge in [-0.05, 0) is 68.1 Å². The quantitative estimate of drug-likeness (QED) is 0.186. The third-order valence-corrected chi connectivity index (χ3v) is 10.1. The summed E-state index contributed by atoms with van der Waals surface area (Å²) in [7, 11) is -3.05. The van der Waals surface area contributed by atoms with E-state index in [0.717, 1.165) is 36.1 Å². The predicted molar refractivity (Wildman–Crippen MR) is 172 cm³/mol. The summed E-state index contributed by atoms with van der Waals surface area (Å²) in [6.45, 7) is 2.57. The summed E-state index contributed by atoms with van der Waals surface area (Å²) >= 11 is 6.46. The smallest absolute Gasteiger partial charge is 0.273 e.